The van der Waals surface area contributed by atoms with Gasteiger partial charge in [0.25, 0.3) is 10.2 Å². The highest BCUT2D eigenvalue weighted by Crippen LogP contribution is 2.03. The Morgan fingerprint density at radius 2 is 2.07 bits per heavy atom. The summed E-state index contributed by atoms with van der Waals surface area (Å²) in [5.41, 5.74) is 0. The van der Waals surface area contributed by atoms with Crippen LogP contribution in [0.4, 0.5) is 0 Å². The minimum Gasteiger partial charge on any atom is -0.379 e. The van der Waals surface area contributed by atoms with Gasteiger partial charge in [-0.05, 0) is 6.92 Å². The van der Waals surface area contributed by atoms with Gasteiger partial charge in [-0.25, -0.2) is 0 Å². The number of morpholine rings is 1. The number of rotatable bonds is 3. The van der Waals surface area contributed by atoms with Crippen molar-refractivity contribution in [2.45, 2.75) is 13.0 Å². The summed E-state index contributed by atoms with van der Waals surface area (Å²) < 4.78 is 31.7. The molecule has 1 atom stereocenters. The quantitative estimate of drug-likeness (QED) is 0.664. The first kappa shape index (κ1) is 11.4. The molecule has 1 unspecified atom stereocenters. The Morgan fingerprint density at radius 1 is 1.50 bits per heavy atom. The summed E-state index contributed by atoms with van der Waals surface area (Å²) >= 11 is 0. The second-order valence-electron chi connectivity index (χ2n) is 2.99. The van der Waals surface area contributed by atoms with Crippen molar-refractivity contribution in [2.75, 3.05) is 26.3 Å². The van der Waals surface area contributed by atoms with Crippen LogP contribution in [0.5, 0.6) is 0 Å². The third-order valence-electron chi connectivity index (χ3n) is 1.83. The topological polar surface area (TPSA) is 82.4 Å². The predicted octanol–water partition coefficient (Wildman–Crippen LogP) is -0.935. The molecule has 1 rings (SSSR count). The molecule has 1 fully saturated rings. The number of nitrogens with one attached hydrogen (secondary N) is 1. The first-order chi connectivity index (χ1) is 6.56. The Kier molecular flexibility index (Phi) is 3.83. The molecule has 0 spiro atoms. The Balaban J connectivity index is 2.60. The summed E-state index contributed by atoms with van der Waals surface area (Å²) in [6.45, 7) is 2.99. The summed E-state index contributed by atoms with van der Waals surface area (Å²) in [5, 5.41) is 8.48. The summed E-state index contributed by atoms with van der Waals surface area (Å²) in [6, 6.07) is 1.11. The Morgan fingerprint density at radius 3 is 2.57 bits per heavy atom. The molecule has 1 saturated heterocycles. The molecule has 80 valence electrons. The molecule has 1 aliphatic rings. The van der Waals surface area contributed by atoms with Crippen LogP contribution >= 0.6 is 0 Å². The van der Waals surface area contributed by atoms with E-state index < -0.39 is 16.3 Å². The standard InChI is InChI=1S/C7H13N3O3S/c1-7(6-8)9-14(11,12)10-2-4-13-5-3-10/h7,9H,2-5H2,1H3. The van der Waals surface area contributed by atoms with Crippen molar-refractivity contribution in [3.05, 3.63) is 0 Å². The highest BCUT2D eigenvalue weighted by molar-refractivity contribution is 7.87. The van der Waals surface area contributed by atoms with Crippen molar-refractivity contribution in [3.8, 4) is 6.07 Å². The zero-order valence-electron chi connectivity index (χ0n) is 7.93. The van der Waals surface area contributed by atoms with Crippen LogP contribution < -0.4 is 4.72 Å². The van der Waals surface area contributed by atoms with E-state index in [2.05, 4.69) is 4.72 Å². The molecule has 0 aliphatic carbocycles. The zero-order chi connectivity index (χ0) is 10.6. The van der Waals surface area contributed by atoms with Crippen LogP contribution in [-0.4, -0.2) is 45.1 Å². The molecular weight excluding hydrogens is 206 g/mol. The summed E-state index contributed by atoms with van der Waals surface area (Å²) in [4.78, 5) is 0. The molecule has 1 N–H and O–H groups in total. The lowest BCUT2D eigenvalue weighted by Crippen LogP contribution is -2.48. The van der Waals surface area contributed by atoms with Gasteiger partial charge >= 0.3 is 0 Å². The maximum Gasteiger partial charge on any atom is 0.280 e. The third-order valence-corrected chi connectivity index (χ3v) is 3.53. The number of ether oxygens (including phenoxy) is 1. The molecule has 1 heterocycles. The van der Waals surface area contributed by atoms with Gasteiger partial charge in [0.15, 0.2) is 0 Å². The van der Waals surface area contributed by atoms with Crippen LogP contribution in [0, 0.1) is 11.3 Å². The van der Waals surface area contributed by atoms with Crippen molar-refractivity contribution in [3.63, 3.8) is 0 Å². The van der Waals surface area contributed by atoms with Crippen LogP contribution in [0.3, 0.4) is 0 Å². The molecule has 1 aliphatic heterocycles. The molecule has 7 heteroatoms. The van der Waals surface area contributed by atoms with E-state index in [1.165, 1.54) is 11.2 Å². The summed E-state index contributed by atoms with van der Waals surface area (Å²) in [5.74, 6) is 0. The average Bonchev–Trinajstić information content (AvgIpc) is 2.18. The third kappa shape index (κ3) is 2.92. The largest absolute Gasteiger partial charge is 0.379 e. The van der Waals surface area contributed by atoms with E-state index in [1.54, 1.807) is 0 Å². The second kappa shape index (κ2) is 4.70. The van der Waals surface area contributed by atoms with E-state index in [1.807, 2.05) is 6.07 Å². The van der Waals surface area contributed by atoms with E-state index in [-0.39, 0.29) is 0 Å². The number of nitriles is 1. The molecular formula is C7H13N3O3S. The highest BCUT2D eigenvalue weighted by atomic mass is 32.2. The predicted molar refractivity (Wildman–Crippen MR) is 49.5 cm³/mol. The fourth-order valence-electron chi connectivity index (χ4n) is 1.11. The first-order valence-electron chi connectivity index (χ1n) is 4.31. The van der Waals surface area contributed by atoms with Crippen molar-refractivity contribution in [2.24, 2.45) is 0 Å². The molecule has 0 aromatic heterocycles. The van der Waals surface area contributed by atoms with Gasteiger partial charge in [0, 0.05) is 13.1 Å². The summed E-state index contributed by atoms with van der Waals surface area (Å²) in [7, 11) is -3.51. The van der Waals surface area contributed by atoms with Gasteiger partial charge in [-0.3, -0.25) is 0 Å². The normalized spacial score (nSPS) is 21.4. The van der Waals surface area contributed by atoms with Gasteiger partial charge in [-0.2, -0.15) is 22.7 Å². The molecule has 0 bridgehead atoms. The van der Waals surface area contributed by atoms with Gasteiger partial charge in [-0.15, -0.1) is 0 Å². The average molecular weight is 219 g/mol. The molecule has 0 saturated carbocycles. The Labute approximate surface area is 83.6 Å². The maximum atomic E-state index is 11.6. The molecule has 14 heavy (non-hydrogen) atoms. The van der Waals surface area contributed by atoms with Crippen LogP contribution in [0.2, 0.25) is 0 Å². The van der Waals surface area contributed by atoms with Crippen LogP contribution in [0.25, 0.3) is 0 Å². The number of hydrogen-bond acceptors (Lipinski definition) is 4. The van der Waals surface area contributed by atoms with Crippen molar-refractivity contribution in [1.29, 1.82) is 5.26 Å². The molecule has 6 nitrogen and oxygen atoms in total. The maximum absolute atomic E-state index is 11.6. The smallest absolute Gasteiger partial charge is 0.280 e. The second-order valence-corrected chi connectivity index (χ2v) is 4.69. The highest BCUT2D eigenvalue weighted by Gasteiger charge is 2.25. The Hall–Kier alpha value is -0.680. The van der Waals surface area contributed by atoms with E-state index in [0.717, 1.165) is 0 Å². The van der Waals surface area contributed by atoms with Gasteiger partial charge < -0.3 is 4.74 Å². The minimum atomic E-state index is -3.51. The van der Waals surface area contributed by atoms with Gasteiger partial charge in [0.05, 0.1) is 19.3 Å². The number of hydrogen-bond donors (Lipinski definition) is 1. The van der Waals surface area contributed by atoms with E-state index in [4.69, 9.17) is 10.00 Å². The lowest BCUT2D eigenvalue weighted by molar-refractivity contribution is 0.0724. The molecule has 0 aromatic carbocycles. The lowest BCUT2D eigenvalue weighted by atomic mass is 10.4. The summed E-state index contributed by atoms with van der Waals surface area (Å²) in [6.07, 6.45) is 0. The molecule has 0 aromatic rings. The van der Waals surface area contributed by atoms with Crippen LogP contribution in [-0.2, 0) is 14.9 Å². The lowest BCUT2D eigenvalue weighted by Gasteiger charge is -2.26. The minimum absolute atomic E-state index is 0.341. The fourth-order valence-corrected chi connectivity index (χ4v) is 2.39. The zero-order valence-corrected chi connectivity index (χ0v) is 8.75. The van der Waals surface area contributed by atoms with Crippen molar-refractivity contribution in [1.82, 2.24) is 9.03 Å². The number of nitrogens with zero attached hydrogens (tertiary/aromatic N) is 2. The molecule has 0 amide bonds. The van der Waals surface area contributed by atoms with Gasteiger partial charge in [0.2, 0.25) is 0 Å². The Bertz CT molecular complexity index is 316. The monoisotopic (exact) mass is 219 g/mol. The van der Waals surface area contributed by atoms with Crippen LogP contribution in [0.15, 0.2) is 0 Å². The van der Waals surface area contributed by atoms with E-state index in [0.29, 0.717) is 26.3 Å². The van der Waals surface area contributed by atoms with Crippen LogP contribution in [0.1, 0.15) is 6.92 Å². The molecule has 0 radical (unpaired) electrons. The SMILES string of the molecule is CC(C#N)NS(=O)(=O)N1CCOCC1. The van der Waals surface area contributed by atoms with Crippen molar-refractivity contribution < 1.29 is 13.2 Å². The fraction of sp³-hybridized carbons (Fsp3) is 0.857. The van der Waals surface area contributed by atoms with E-state index in [9.17, 15) is 8.42 Å². The first-order valence-corrected chi connectivity index (χ1v) is 5.75. The van der Waals surface area contributed by atoms with Gasteiger partial charge in [0.1, 0.15) is 6.04 Å². The van der Waals surface area contributed by atoms with Gasteiger partial charge in [-0.1, -0.05) is 0 Å². The van der Waals surface area contributed by atoms with Crippen molar-refractivity contribution >= 4 is 10.2 Å². The van der Waals surface area contributed by atoms with E-state index >= 15 is 0 Å².